The van der Waals surface area contributed by atoms with Crippen molar-refractivity contribution >= 4 is 23.2 Å². The molecule has 0 saturated heterocycles. The van der Waals surface area contributed by atoms with Gasteiger partial charge in [-0.1, -0.05) is 12.1 Å². The number of anilines is 2. The zero-order valence-electron chi connectivity index (χ0n) is 17.2. The Labute approximate surface area is 181 Å². The van der Waals surface area contributed by atoms with Crippen LogP contribution in [-0.4, -0.2) is 35.2 Å². The van der Waals surface area contributed by atoms with Crippen LogP contribution in [0.4, 0.5) is 24.5 Å². The minimum absolute atomic E-state index is 0.145. The smallest absolute Gasteiger partial charge is 0.416 e. The number of carbonyl (C=O) groups is 2. The van der Waals surface area contributed by atoms with E-state index in [4.69, 9.17) is 4.74 Å². The molecule has 0 spiro atoms. The predicted octanol–water partition coefficient (Wildman–Crippen LogP) is 4.38. The van der Waals surface area contributed by atoms with E-state index >= 15 is 0 Å². The van der Waals surface area contributed by atoms with E-state index in [1.54, 1.807) is 24.3 Å². The lowest BCUT2D eigenvalue weighted by molar-refractivity contribution is -0.137. The van der Waals surface area contributed by atoms with Gasteiger partial charge in [-0.05, 0) is 43.3 Å². The molecule has 1 aliphatic heterocycles. The van der Waals surface area contributed by atoms with Crippen LogP contribution >= 0.6 is 0 Å². The van der Waals surface area contributed by atoms with Crippen LogP contribution < -0.4 is 15.0 Å². The van der Waals surface area contributed by atoms with Crippen LogP contribution in [0, 0.1) is 0 Å². The first-order valence-corrected chi connectivity index (χ1v) is 9.71. The maximum atomic E-state index is 13.2. The van der Waals surface area contributed by atoms with Gasteiger partial charge < -0.3 is 15.0 Å². The van der Waals surface area contributed by atoms with Crippen molar-refractivity contribution in [1.29, 1.82) is 0 Å². The first-order valence-electron chi connectivity index (χ1n) is 9.71. The molecule has 4 rings (SSSR count). The van der Waals surface area contributed by atoms with Crippen molar-refractivity contribution in [3.8, 4) is 5.75 Å². The standard InChI is InChI=1S/C22H19F3N4O3/c1-13-12-28(15-9-7-14(8-10-15)22(23,24)25)21(31)19-17(11-26-29(13)19)27-20(30)16-5-3-4-6-18(16)32-2/h3-11,13H,12H2,1-2H3,(H,27,30)/t13-/m0/s1. The molecule has 32 heavy (non-hydrogen) atoms. The SMILES string of the molecule is COc1ccccc1C(=O)Nc1cnn2c1C(=O)N(c1ccc(C(F)(F)F)cc1)C[C@@H]2C. The molecule has 3 aromatic rings. The van der Waals surface area contributed by atoms with Crippen molar-refractivity contribution in [3.05, 3.63) is 71.5 Å². The summed E-state index contributed by atoms with van der Waals surface area (Å²) in [5.74, 6) is -0.585. The second-order valence-electron chi connectivity index (χ2n) is 7.32. The fourth-order valence-corrected chi connectivity index (χ4v) is 3.63. The van der Waals surface area contributed by atoms with E-state index in [-0.39, 0.29) is 29.5 Å². The van der Waals surface area contributed by atoms with E-state index in [0.717, 1.165) is 12.1 Å². The van der Waals surface area contributed by atoms with Gasteiger partial charge in [-0.15, -0.1) is 0 Å². The van der Waals surface area contributed by atoms with Gasteiger partial charge in [0, 0.05) is 12.2 Å². The molecule has 2 aromatic carbocycles. The third-order valence-electron chi connectivity index (χ3n) is 5.21. The molecular weight excluding hydrogens is 425 g/mol. The number of hydrogen-bond acceptors (Lipinski definition) is 4. The van der Waals surface area contributed by atoms with Gasteiger partial charge in [-0.3, -0.25) is 14.3 Å². The van der Waals surface area contributed by atoms with Crippen molar-refractivity contribution in [2.45, 2.75) is 19.1 Å². The molecule has 10 heteroatoms. The van der Waals surface area contributed by atoms with Gasteiger partial charge in [0.15, 0.2) is 5.69 Å². The van der Waals surface area contributed by atoms with Crippen LogP contribution in [-0.2, 0) is 6.18 Å². The highest BCUT2D eigenvalue weighted by Crippen LogP contribution is 2.34. The molecular formula is C22H19F3N4O3. The van der Waals surface area contributed by atoms with Crippen LogP contribution in [0.1, 0.15) is 39.4 Å². The second-order valence-corrected chi connectivity index (χ2v) is 7.32. The molecule has 0 radical (unpaired) electrons. The molecule has 7 nitrogen and oxygen atoms in total. The van der Waals surface area contributed by atoms with E-state index in [1.807, 2.05) is 6.92 Å². The molecule has 166 valence electrons. The lowest BCUT2D eigenvalue weighted by Gasteiger charge is -2.32. The van der Waals surface area contributed by atoms with Crippen LogP contribution in [0.15, 0.2) is 54.7 Å². The van der Waals surface area contributed by atoms with Crippen LogP contribution in [0.2, 0.25) is 0 Å². The van der Waals surface area contributed by atoms with Crippen molar-refractivity contribution in [1.82, 2.24) is 9.78 Å². The fraction of sp³-hybridized carbons (Fsp3) is 0.227. The van der Waals surface area contributed by atoms with Gasteiger partial charge in [-0.25, -0.2) is 0 Å². The average Bonchev–Trinajstić information content (AvgIpc) is 3.20. The monoisotopic (exact) mass is 444 g/mol. The average molecular weight is 444 g/mol. The molecule has 1 atom stereocenters. The molecule has 1 aromatic heterocycles. The fourth-order valence-electron chi connectivity index (χ4n) is 3.63. The highest BCUT2D eigenvalue weighted by Gasteiger charge is 2.35. The minimum Gasteiger partial charge on any atom is -0.496 e. The Kier molecular flexibility index (Phi) is 5.37. The van der Waals surface area contributed by atoms with Gasteiger partial charge >= 0.3 is 6.18 Å². The maximum Gasteiger partial charge on any atom is 0.416 e. The number of amides is 2. The Morgan fingerprint density at radius 3 is 2.50 bits per heavy atom. The van der Waals surface area contributed by atoms with E-state index < -0.39 is 23.6 Å². The Morgan fingerprint density at radius 1 is 1.16 bits per heavy atom. The minimum atomic E-state index is -4.47. The van der Waals surface area contributed by atoms with E-state index in [1.165, 1.54) is 35.0 Å². The molecule has 0 saturated carbocycles. The van der Waals surface area contributed by atoms with Crippen LogP contribution in [0.5, 0.6) is 5.75 Å². The van der Waals surface area contributed by atoms with E-state index in [2.05, 4.69) is 10.4 Å². The number of nitrogens with one attached hydrogen (secondary N) is 1. The highest BCUT2D eigenvalue weighted by molar-refractivity contribution is 6.13. The Morgan fingerprint density at radius 2 is 1.84 bits per heavy atom. The first kappa shape index (κ1) is 21.4. The topological polar surface area (TPSA) is 76.5 Å². The zero-order valence-corrected chi connectivity index (χ0v) is 17.2. The summed E-state index contributed by atoms with van der Waals surface area (Å²) < 4.78 is 45.4. The summed E-state index contributed by atoms with van der Waals surface area (Å²) in [5.41, 5.74) is 0.157. The van der Waals surface area contributed by atoms with Crippen LogP contribution in [0.3, 0.4) is 0 Å². The second kappa shape index (κ2) is 8.03. The van der Waals surface area contributed by atoms with E-state index in [0.29, 0.717) is 11.4 Å². The molecule has 0 fully saturated rings. The normalized spacial score (nSPS) is 16.0. The first-order chi connectivity index (χ1) is 15.2. The number of fused-ring (bicyclic) bond motifs is 1. The zero-order chi connectivity index (χ0) is 23.0. The summed E-state index contributed by atoms with van der Waals surface area (Å²) in [6, 6.07) is 10.8. The number of methoxy groups -OCH3 is 1. The van der Waals surface area contributed by atoms with Crippen molar-refractivity contribution in [2.75, 3.05) is 23.9 Å². The number of nitrogens with zero attached hydrogens (tertiary/aromatic N) is 3. The Hall–Kier alpha value is -3.82. The number of alkyl halides is 3. The molecule has 0 aliphatic carbocycles. The molecule has 2 heterocycles. The maximum absolute atomic E-state index is 13.2. The van der Waals surface area contributed by atoms with Crippen molar-refractivity contribution in [2.24, 2.45) is 0 Å². The Balaban J connectivity index is 1.64. The number of benzene rings is 2. The summed E-state index contributed by atoms with van der Waals surface area (Å²) in [5, 5.41) is 6.92. The summed E-state index contributed by atoms with van der Waals surface area (Å²) in [6.07, 6.45) is -3.08. The molecule has 1 aliphatic rings. The summed E-state index contributed by atoms with van der Waals surface area (Å²) >= 11 is 0. The largest absolute Gasteiger partial charge is 0.496 e. The molecule has 0 unspecified atom stereocenters. The number of ether oxygens (including phenoxy) is 1. The van der Waals surface area contributed by atoms with Gasteiger partial charge in [0.25, 0.3) is 11.8 Å². The number of para-hydroxylation sites is 1. The number of aromatic nitrogens is 2. The molecule has 2 amide bonds. The highest BCUT2D eigenvalue weighted by atomic mass is 19.4. The molecule has 1 N–H and O–H groups in total. The molecule has 0 bridgehead atoms. The van der Waals surface area contributed by atoms with Crippen LogP contribution in [0.25, 0.3) is 0 Å². The third kappa shape index (κ3) is 3.79. The summed E-state index contributed by atoms with van der Waals surface area (Å²) in [4.78, 5) is 27.4. The third-order valence-corrected chi connectivity index (χ3v) is 5.21. The van der Waals surface area contributed by atoms with E-state index in [9.17, 15) is 22.8 Å². The van der Waals surface area contributed by atoms with Crippen molar-refractivity contribution in [3.63, 3.8) is 0 Å². The van der Waals surface area contributed by atoms with Gasteiger partial charge in [0.1, 0.15) is 5.75 Å². The predicted molar refractivity (Wildman–Crippen MR) is 111 cm³/mol. The number of carbonyl (C=O) groups excluding carboxylic acids is 2. The lowest BCUT2D eigenvalue weighted by Crippen LogP contribution is -2.43. The van der Waals surface area contributed by atoms with Crippen molar-refractivity contribution < 1.29 is 27.5 Å². The lowest BCUT2D eigenvalue weighted by atomic mass is 10.1. The number of rotatable bonds is 4. The quantitative estimate of drug-likeness (QED) is 0.648. The summed E-state index contributed by atoms with van der Waals surface area (Å²) in [6.45, 7) is 2.05. The Bertz CT molecular complexity index is 1170. The number of hydrogen-bond donors (Lipinski definition) is 1. The number of halogens is 3. The van der Waals surface area contributed by atoms with Gasteiger partial charge in [-0.2, -0.15) is 18.3 Å². The summed E-state index contributed by atoms with van der Waals surface area (Å²) in [7, 11) is 1.45. The van der Waals surface area contributed by atoms with Gasteiger partial charge in [0.2, 0.25) is 0 Å². The van der Waals surface area contributed by atoms with Gasteiger partial charge in [0.05, 0.1) is 36.2 Å².